The number of carbonyl (C=O) groups excluding carboxylic acids is 1. The standard InChI is InChI=1S/C24H23N3O2S3/c1-15(21(28)25-16-8-5-6-9-16)32-24-26-22-20(18(14-31-22)19-12-7-13-30-19)23(29)27(24)17-10-3-2-4-11-17/h2-4,7,10-16H,5-6,8-9H2,1H3,(H,25,28). The summed E-state index contributed by atoms with van der Waals surface area (Å²) in [6, 6.07) is 13.8. The molecule has 1 fully saturated rings. The van der Waals surface area contributed by atoms with E-state index in [0.717, 1.165) is 29.0 Å². The Balaban J connectivity index is 1.57. The van der Waals surface area contributed by atoms with Crippen molar-refractivity contribution in [1.29, 1.82) is 0 Å². The van der Waals surface area contributed by atoms with Gasteiger partial charge in [0.2, 0.25) is 5.91 Å². The summed E-state index contributed by atoms with van der Waals surface area (Å²) in [4.78, 5) is 33.2. The van der Waals surface area contributed by atoms with Gasteiger partial charge in [-0.1, -0.05) is 48.9 Å². The molecule has 0 spiro atoms. The molecule has 1 N–H and O–H groups in total. The van der Waals surface area contributed by atoms with Crippen LogP contribution in [0.5, 0.6) is 0 Å². The van der Waals surface area contributed by atoms with Gasteiger partial charge in [-0.05, 0) is 43.3 Å². The van der Waals surface area contributed by atoms with Crippen LogP contribution < -0.4 is 10.9 Å². The number of aromatic nitrogens is 2. The molecule has 0 saturated heterocycles. The van der Waals surface area contributed by atoms with Gasteiger partial charge in [-0.3, -0.25) is 14.2 Å². The molecular formula is C24H23N3O2S3. The van der Waals surface area contributed by atoms with Crippen LogP contribution in [0.1, 0.15) is 32.6 Å². The third-order valence-electron chi connectivity index (χ3n) is 5.73. The molecule has 5 nitrogen and oxygen atoms in total. The van der Waals surface area contributed by atoms with Gasteiger partial charge in [0.1, 0.15) is 4.83 Å². The molecule has 3 heterocycles. The number of thiophene rings is 2. The smallest absolute Gasteiger partial charge is 0.268 e. The molecule has 0 radical (unpaired) electrons. The van der Waals surface area contributed by atoms with Crippen LogP contribution in [0.4, 0.5) is 0 Å². The predicted octanol–water partition coefficient (Wildman–Crippen LogP) is 5.72. The van der Waals surface area contributed by atoms with E-state index in [2.05, 4.69) is 5.32 Å². The first kappa shape index (κ1) is 21.4. The van der Waals surface area contributed by atoms with Gasteiger partial charge in [-0.2, -0.15) is 0 Å². The minimum Gasteiger partial charge on any atom is -0.352 e. The summed E-state index contributed by atoms with van der Waals surface area (Å²) in [5.41, 5.74) is 1.57. The number of nitrogens with one attached hydrogen (secondary N) is 1. The Morgan fingerprint density at radius 2 is 1.94 bits per heavy atom. The molecule has 32 heavy (non-hydrogen) atoms. The molecule has 5 rings (SSSR count). The van der Waals surface area contributed by atoms with Crippen molar-refractivity contribution in [2.45, 2.75) is 49.1 Å². The monoisotopic (exact) mass is 481 g/mol. The summed E-state index contributed by atoms with van der Waals surface area (Å²) in [5.74, 6) is 0.00121. The molecule has 1 aliphatic rings. The molecule has 8 heteroatoms. The lowest BCUT2D eigenvalue weighted by Crippen LogP contribution is -2.38. The summed E-state index contributed by atoms with van der Waals surface area (Å²) in [7, 11) is 0. The van der Waals surface area contributed by atoms with Crippen LogP contribution in [-0.2, 0) is 4.79 Å². The third-order valence-corrected chi connectivity index (χ3v) is 8.56. The van der Waals surface area contributed by atoms with Crippen molar-refractivity contribution in [2.75, 3.05) is 0 Å². The van der Waals surface area contributed by atoms with E-state index < -0.39 is 0 Å². The van der Waals surface area contributed by atoms with Crippen molar-refractivity contribution in [2.24, 2.45) is 0 Å². The summed E-state index contributed by atoms with van der Waals surface area (Å²) in [6.45, 7) is 1.88. The van der Waals surface area contributed by atoms with E-state index in [1.807, 2.05) is 60.1 Å². The largest absolute Gasteiger partial charge is 0.352 e. The summed E-state index contributed by atoms with van der Waals surface area (Å²) in [6.07, 6.45) is 4.43. The van der Waals surface area contributed by atoms with Crippen LogP contribution in [0.2, 0.25) is 0 Å². The SMILES string of the molecule is CC(Sc1nc2scc(-c3cccs3)c2c(=O)n1-c1ccccc1)C(=O)NC1CCCC1. The first-order valence-electron chi connectivity index (χ1n) is 10.7. The maximum atomic E-state index is 13.8. The number of carbonyl (C=O) groups is 1. The number of benzene rings is 1. The van der Waals surface area contributed by atoms with Crippen LogP contribution in [0, 0.1) is 0 Å². The van der Waals surface area contributed by atoms with E-state index in [1.54, 1.807) is 15.9 Å². The molecule has 0 aliphatic heterocycles. The number of amides is 1. The number of nitrogens with zero attached hydrogens (tertiary/aromatic N) is 2. The second-order valence-corrected chi connectivity index (χ2v) is 11.0. The Morgan fingerprint density at radius 3 is 2.66 bits per heavy atom. The van der Waals surface area contributed by atoms with Crippen molar-refractivity contribution >= 4 is 50.6 Å². The molecule has 0 bridgehead atoms. The average Bonchev–Trinajstić information content (AvgIpc) is 3.56. The van der Waals surface area contributed by atoms with Crippen molar-refractivity contribution in [3.8, 4) is 16.1 Å². The number of hydrogen-bond acceptors (Lipinski definition) is 6. The average molecular weight is 482 g/mol. The Labute approximate surface area is 198 Å². The molecule has 1 aromatic carbocycles. The van der Waals surface area contributed by atoms with Crippen molar-refractivity contribution in [1.82, 2.24) is 14.9 Å². The Morgan fingerprint density at radius 1 is 1.16 bits per heavy atom. The highest BCUT2D eigenvalue weighted by molar-refractivity contribution is 8.00. The van der Waals surface area contributed by atoms with E-state index in [0.29, 0.717) is 15.4 Å². The van der Waals surface area contributed by atoms with Crippen LogP contribution in [0.25, 0.3) is 26.3 Å². The van der Waals surface area contributed by atoms with Crippen LogP contribution >= 0.6 is 34.4 Å². The van der Waals surface area contributed by atoms with Crippen LogP contribution in [0.15, 0.2) is 63.2 Å². The minimum atomic E-state index is -0.355. The van der Waals surface area contributed by atoms with Crippen LogP contribution in [-0.4, -0.2) is 26.8 Å². The highest BCUT2D eigenvalue weighted by Gasteiger charge is 2.25. The summed E-state index contributed by atoms with van der Waals surface area (Å²) >= 11 is 4.43. The first-order chi connectivity index (χ1) is 15.6. The fourth-order valence-corrected chi connectivity index (χ4v) is 6.81. The number of fused-ring (bicyclic) bond motifs is 1. The Bertz CT molecular complexity index is 1290. The van der Waals surface area contributed by atoms with Gasteiger partial charge >= 0.3 is 0 Å². The zero-order valence-corrected chi connectivity index (χ0v) is 20.1. The predicted molar refractivity (Wildman–Crippen MR) is 134 cm³/mol. The van der Waals surface area contributed by atoms with E-state index in [1.165, 1.54) is 35.9 Å². The van der Waals surface area contributed by atoms with Crippen molar-refractivity contribution in [3.05, 3.63) is 63.6 Å². The number of hydrogen-bond donors (Lipinski definition) is 1. The second-order valence-electron chi connectivity index (χ2n) is 7.93. The highest BCUT2D eigenvalue weighted by Crippen LogP contribution is 2.35. The Hall–Kier alpha value is -2.42. The lowest BCUT2D eigenvalue weighted by atomic mass is 10.2. The number of thioether (sulfide) groups is 1. The van der Waals surface area contributed by atoms with E-state index in [9.17, 15) is 9.59 Å². The number of para-hydroxylation sites is 1. The van der Waals surface area contributed by atoms with Gasteiger partial charge in [-0.25, -0.2) is 4.98 Å². The van der Waals surface area contributed by atoms with Gasteiger partial charge in [0, 0.05) is 21.9 Å². The van der Waals surface area contributed by atoms with Gasteiger partial charge in [0.25, 0.3) is 5.56 Å². The molecular weight excluding hydrogens is 458 g/mol. The molecule has 1 atom stereocenters. The lowest BCUT2D eigenvalue weighted by molar-refractivity contribution is -0.120. The molecule has 4 aromatic rings. The summed E-state index contributed by atoms with van der Waals surface area (Å²) < 4.78 is 1.65. The third kappa shape index (κ3) is 4.14. The van der Waals surface area contributed by atoms with Gasteiger partial charge < -0.3 is 5.32 Å². The lowest BCUT2D eigenvalue weighted by Gasteiger charge is -2.18. The molecule has 1 unspecified atom stereocenters. The van der Waals surface area contributed by atoms with E-state index >= 15 is 0 Å². The van der Waals surface area contributed by atoms with E-state index in [4.69, 9.17) is 4.98 Å². The Kier molecular flexibility index (Phi) is 6.17. The maximum Gasteiger partial charge on any atom is 0.268 e. The van der Waals surface area contributed by atoms with Gasteiger partial charge in [0.05, 0.1) is 16.3 Å². The zero-order valence-electron chi connectivity index (χ0n) is 17.6. The van der Waals surface area contributed by atoms with Gasteiger partial charge in [0.15, 0.2) is 5.16 Å². The van der Waals surface area contributed by atoms with Crippen LogP contribution in [0.3, 0.4) is 0 Å². The van der Waals surface area contributed by atoms with Crippen molar-refractivity contribution in [3.63, 3.8) is 0 Å². The number of rotatable bonds is 6. The van der Waals surface area contributed by atoms with Gasteiger partial charge in [-0.15, -0.1) is 22.7 Å². The second kappa shape index (κ2) is 9.21. The first-order valence-corrected chi connectivity index (χ1v) is 13.4. The normalized spacial score (nSPS) is 15.3. The molecule has 3 aromatic heterocycles. The quantitative estimate of drug-likeness (QED) is 0.283. The molecule has 164 valence electrons. The maximum absolute atomic E-state index is 13.8. The van der Waals surface area contributed by atoms with Crippen molar-refractivity contribution < 1.29 is 4.79 Å². The molecule has 1 amide bonds. The van der Waals surface area contributed by atoms with E-state index in [-0.39, 0.29) is 22.8 Å². The highest BCUT2D eigenvalue weighted by atomic mass is 32.2. The fourth-order valence-electron chi connectivity index (χ4n) is 4.07. The molecule has 1 aliphatic carbocycles. The molecule has 1 saturated carbocycles. The zero-order chi connectivity index (χ0) is 22.1. The summed E-state index contributed by atoms with van der Waals surface area (Å²) in [5, 5.41) is 8.00. The fraction of sp³-hybridized carbons (Fsp3) is 0.292. The topological polar surface area (TPSA) is 64.0 Å². The minimum absolute atomic E-state index is 0.00121.